The van der Waals surface area contributed by atoms with Crippen LogP contribution in [0.4, 0.5) is 5.69 Å². The highest BCUT2D eigenvalue weighted by Crippen LogP contribution is 2.26. The number of para-hydroxylation sites is 1. The molecule has 2 heterocycles. The van der Waals surface area contributed by atoms with Gasteiger partial charge in [-0.3, -0.25) is 9.59 Å². The number of ether oxygens (including phenoxy) is 1. The average Bonchev–Trinajstić information content (AvgIpc) is 3.44. The van der Waals surface area contributed by atoms with Gasteiger partial charge in [0.05, 0.1) is 10.6 Å². The van der Waals surface area contributed by atoms with Crippen molar-refractivity contribution in [1.29, 1.82) is 0 Å². The largest absolute Gasteiger partial charge is 0.484 e. The Labute approximate surface area is 175 Å². The van der Waals surface area contributed by atoms with Crippen molar-refractivity contribution in [2.75, 3.05) is 11.9 Å². The van der Waals surface area contributed by atoms with E-state index in [1.807, 2.05) is 47.8 Å². The van der Waals surface area contributed by atoms with Crippen molar-refractivity contribution in [3.8, 4) is 22.1 Å². The molecule has 8 nitrogen and oxygen atoms in total. The van der Waals surface area contributed by atoms with Gasteiger partial charge in [-0.05, 0) is 47.8 Å². The molecule has 0 aliphatic rings. The van der Waals surface area contributed by atoms with Gasteiger partial charge in [0, 0.05) is 5.69 Å². The van der Waals surface area contributed by atoms with Crippen LogP contribution in [0.25, 0.3) is 16.4 Å². The molecule has 4 rings (SSSR count). The average molecular weight is 419 g/mol. The monoisotopic (exact) mass is 419 g/mol. The zero-order valence-corrected chi connectivity index (χ0v) is 16.5. The van der Waals surface area contributed by atoms with Crippen molar-refractivity contribution >= 4 is 28.8 Å². The first-order valence-electron chi connectivity index (χ1n) is 8.99. The number of amides is 2. The van der Waals surface area contributed by atoms with Gasteiger partial charge in [-0.1, -0.05) is 24.3 Å². The van der Waals surface area contributed by atoms with Gasteiger partial charge in [-0.15, -0.1) is 16.4 Å². The molecule has 0 fully saturated rings. The maximum absolute atomic E-state index is 12.7. The highest BCUT2D eigenvalue weighted by atomic mass is 32.1. The predicted octanol–water partition coefficient (Wildman–Crippen LogP) is 3.11. The molecule has 0 aliphatic carbocycles. The predicted molar refractivity (Wildman–Crippen MR) is 114 cm³/mol. The summed E-state index contributed by atoms with van der Waals surface area (Å²) in [6.45, 7) is -0.210. The zero-order chi connectivity index (χ0) is 20.9. The smallest absolute Gasteiger partial charge is 0.295 e. The van der Waals surface area contributed by atoms with Gasteiger partial charge in [0.2, 0.25) is 5.82 Å². The molecular formula is C21H17N5O3S. The Balaban J connectivity index is 1.56. The first-order chi connectivity index (χ1) is 14.6. The van der Waals surface area contributed by atoms with Gasteiger partial charge in [-0.25, -0.2) is 9.67 Å². The molecule has 0 radical (unpaired) electrons. The lowest BCUT2D eigenvalue weighted by atomic mass is 10.3. The summed E-state index contributed by atoms with van der Waals surface area (Å²) < 4.78 is 6.86. The molecule has 150 valence electrons. The van der Waals surface area contributed by atoms with Crippen LogP contribution in [0.15, 0.2) is 72.1 Å². The highest BCUT2D eigenvalue weighted by molar-refractivity contribution is 7.13. The number of carbonyl (C=O) groups excluding carboxylic acids is 2. The van der Waals surface area contributed by atoms with Crippen molar-refractivity contribution in [1.82, 2.24) is 14.8 Å². The summed E-state index contributed by atoms with van der Waals surface area (Å²) in [4.78, 5) is 28.9. The van der Waals surface area contributed by atoms with Crippen molar-refractivity contribution in [3.63, 3.8) is 0 Å². The summed E-state index contributed by atoms with van der Waals surface area (Å²) in [5.74, 6) is 0.119. The second kappa shape index (κ2) is 8.58. The Morgan fingerprint density at radius 2 is 1.80 bits per heavy atom. The molecule has 9 heteroatoms. The standard InChI is InChI=1S/C21H17N5O3S/c22-18(27)13-29-16-10-8-14(9-11-16)23-21(28)19-24-20(17-7-4-12-30-17)26(25-19)15-5-2-1-3-6-15/h1-12H,13H2,(H2,22,27)(H,23,28). The second-order valence-electron chi connectivity index (χ2n) is 6.22. The molecule has 0 bridgehead atoms. The first kappa shape index (κ1) is 19.3. The molecule has 2 aromatic carbocycles. The fourth-order valence-corrected chi connectivity index (χ4v) is 3.40. The molecule has 0 saturated carbocycles. The van der Waals surface area contributed by atoms with E-state index in [0.29, 0.717) is 17.3 Å². The third kappa shape index (κ3) is 4.36. The number of nitrogens with one attached hydrogen (secondary N) is 1. The number of primary amides is 1. The molecule has 0 spiro atoms. The van der Waals surface area contributed by atoms with E-state index in [4.69, 9.17) is 10.5 Å². The number of thiophene rings is 1. The summed E-state index contributed by atoms with van der Waals surface area (Å²) in [5.41, 5.74) is 6.41. The molecule has 0 unspecified atom stereocenters. The third-order valence-corrected chi connectivity index (χ3v) is 4.91. The lowest BCUT2D eigenvalue weighted by Gasteiger charge is -2.06. The normalized spacial score (nSPS) is 10.5. The van der Waals surface area contributed by atoms with E-state index in [1.165, 1.54) is 11.3 Å². The number of benzene rings is 2. The SMILES string of the molecule is NC(=O)COc1ccc(NC(=O)c2nc(-c3cccs3)n(-c3ccccc3)n2)cc1. The summed E-state index contributed by atoms with van der Waals surface area (Å²) in [6.07, 6.45) is 0. The second-order valence-corrected chi connectivity index (χ2v) is 7.16. The Morgan fingerprint density at radius 1 is 1.03 bits per heavy atom. The van der Waals surface area contributed by atoms with Crippen molar-refractivity contribution in [2.24, 2.45) is 5.73 Å². The summed E-state index contributed by atoms with van der Waals surface area (Å²) in [5, 5.41) is 9.13. The first-order valence-corrected chi connectivity index (χ1v) is 9.87. The van der Waals surface area contributed by atoms with E-state index in [0.717, 1.165) is 10.6 Å². The summed E-state index contributed by atoms with van der Waals surface area (Å²) in [6, 6.07) is 19.9. The van der Waals surface area contributed by atoms with E-state index in [-0.39, 0.29) is 12.4 Å². The van der Waals surface area contributed by atoms with Gasteiger partial charge in [-0.2, -0.15) is 0 Å². The number of aromatic nitrogens is 3. The molecule has 3 N–H and O–H groups in total. The Kier molecular flexibility index (Phi) is 5.53. The van der Waals surface area contributed by atoms with E-state index >= 15 is 0 Å². The van der Waals surface area contributed by atoms with Gasteiger partial charge in [0.25, 0.3) is 11.8 Å². The number of hydrogen-bond donors (Lipinski definition) is 2. The van der Waals surface area contributed by atoms with Crippen LogP contribution in [0.3, 0.4) is 0 Å². The topological polar surface area (TPSA) is 112 Å². The molecule has 4 aromatic rings. The molecule has 0 aliphatic heterocycles. The van der Waals surface area contributed by atoms with Gasteiger partial charge < -0.3 is 15.8 Å². The van der Waals surface area contributed by atoms with E-state index in [9.17, 15) is 9.59 Å². The van der Waals surface area contributed by atoms with Gasteiger partial charge in [0.15, 0.2) is 12.4 Å². The van der Waals surface area contributed by atoms with Crippen molar-refractivity contribution in [2.45, 2.75) is 0 Å². The van der Waals surface area contributed by atoms with Gasteiger partial charge >= 0.3 is 0 Å². The van der Waals surface area contributed by atoms with Crippen molar-refractivity contribution < 1.29 is 14.3 Å². The van der Waals surface area contributed by atoms with Gasteiger partial charge in [0.1, 0.15) is 5.75 Å². The van der Waals surface area contributed by atoms with Crippen LogP contribution in [0.2, 0.25) is 0 Å². The molecular weight excluding hydrogens is 402 g/mol. The van der Waals surface area contributed by atoms with Crippen LogP contribution in [-0.2, 0) is 4.79 Å². The molecule has 0 atom stereocenters. The minimum absolute atomic E-state index is 0.0521. The third-order valence-electron chi connectivity index (χ3n) is 4.05. The zero-order valence-electron chi connectivity index (χ0n) is 15.7. The summed E-state index contributed by atoms with van der Waals surface area (Å²) >= 11 is 1.52. The lowest BCUT2D eigenvalue weighted by molar-refractivity contribution is -0.119. The van der Waals surface area contributed by atoms with Crippen LogP contribution < -0.4 is 15.8 Å². The highest BCUT2D eigenvalue weighted by Gasteiger charge is 2.19. The number of rotatable bonds is 7. The fraction of sp³-hybridized carbons (Fsp3) is 0.0476. The fourth-order valence-electron chi connectivity index (χ4n) is 2.70. The maximum atomic E-state index is 12.7. The number of nitrogens with two attached hydrogens (primary N) is 1. The number of hydrogen-bond acceptors (Lipinski definition) is 6. The Bertz CT molecular complexity index is 1160. The maximum Gasteiger partial charge on any atom is 0.295 e. The van der Waals surface area contributed by atoms with Crippen molar-refractivity contribution in [3.05, 3.63) is 77.9 Å². The van der Waals surface area contributed by atoms with Crippen LogP contribution in [0.5, 0.6) is 5.75 Å². The molecule has 2 amide bonds. The van der Waals surface area contributed by atoms with Crippen LogP contribution in [0, 0.1) is 0 Å². The van der Waals surface area contributed by atoms with Crippen LogP contribution >= 0.6 is 11.3 Å². The van der Waals surface area contributed by atoms with E-state index < -0.39 is 11.8 Å². The number of nitrogens with zero attached hydrogens (tertiary/aromatic N) is 3. The minimum atomic E-state index is -0.561. The number of anilines is 1. The van der Waals surface area contributed by atoms with Crippen LogP contribution in [-0.4, -0.2) is 33.2 Å². The molecule has 30 heavy (non-hydrogen) atoms. The van der Waals surface area contributed by atoms with E-state index in [1.54, 1.807) is 28.9 Å². The number of carbonyl (C=O) groups is 2. The Hall–Kier alpha value is -3.98. The Morgan fingerprint density at radius 3 is 2.47 bits per heavy atom. The molecule has 0 saturated heterocycles. The van der Waals surface area contributed by atoms with E-state index in [2.05, 4.69) is 15.4 Å². The lowest BCUT2D eigenvalue weighted by Crippen LogP contribution is -2.20. The summed E-state index contributed by atoms with van der Waals surface area (Å²) in [7, 11) is 0. The quantitative estimate of drug-likeness (QED) is 0.478. The van der Waals surface area contributed by atoms with Crippen LogP contribution in [0.1, 0.15) is 10.6 Å². The molecule has 2 aromatic heterocycles. The minimum Gasteiger partial charge on any atom is -0.484 e.